The Morgan fingerprint density at radius 2 is 0.932 bits per heavy atom. The van der Waals surface area contributed by atoms with Gasteiger partial charge in [0.05, 0.1) is 0 Å². The van der Waals surface area contributed by atoms with Gasteiger partial charge in [-0.25, -0.2) is 0 Å². The van der Waals surface area contributed by atoms with Crippen molar-refractivity contribution in [3.8, 4) is 0 Å². The predicted octanol–water partition coefficient (Wildman–Crippen LogP) is 0.848. The Morgan fingerprint density at radius 3 is 1.25 bits per heavy atom. The number of nitrogens with two attached hydrogens (primary N) is 5. The molecule has 0 aliphatic heterocycles. The maximum absolute atomic E-state index is 10.8. The third kappa shape index (κ3) is 23.1. The molecule has 0 radical (unpaired) electrons. The largest absolute Gasteiger partial charge is 0.480 e. The van der Waals surface area contributed by atoms with Crippen molar-refractivity contribution in [2.75, 3.05) is 7.05 Å². The maximum atomic E-state index is 10.8. The van der Waals surface area contributed by atoms with E-state index in [9.17, 15) is 28.8 Å². The average Bonchev–Trinajstić information content (AvgIpc) is 3.17. The molecule has 18 heteroatoms. The maximum Gasteiger partial charge on any atom is 0.324 e. The summed E-state index contributed by atoms with van der Waals surface area (Å²) >= 11 is 0. The summed E-state index contributed by atoms with van der Waals surface area (Å²) in [6, 6.07) is -2.92. The van der Waals surface area contributed by atoms with Crippen molar-refractivity contribution in [1.29, 1.82) is 0 Å². The molecule has 1 saturated carbocycles. The van der Waals surface area contributed by atoms with Crippen LogP contribution in [-0.2, 0) is 28.8 Å². The van der Waals surface area contributed by atoms with Gasteiger partial charge in [-0.15, -0.1) is 0 Å². The van der Waals surface area contributed by atoms with Gasteiger partial charge in [0.25, 0.3) is 0 Å². The third-order valence-corrected chi connectivity index (χ3v) is 9.43. The third-order valence-electron chi connectivity index (χ3n) is 9.43. The van der Waals surface area contributed by atoms with E-state index in [0.717, 1.165) is 86.5 Å². The first-order valence-electron chi connectivity index (χ1n) is 19.5. The molecule has 0 saturated heterocycles. The number of amides is 2. The first-order valence-corrected chi connectivity index (χ1v) is 19.5. The summed E-state index contributed by atoms with van der Waals surface area (Å²) in [5.74, 6) is -4.11. The number of carboxylic acids is 4. The van der Waals surface area contributed by atoms with Gasteiger partial charge in [-0.2, -0.15) is 0 Å². The smallest absolute Gasteiger partial charge is 0.324 e. The van der Waals surface area contributed by atoms with Crippen molar-refractivity contribution in [3.05, 3.63) is 83.1 Å². The molecule has 0 aromatic carbocycles. The molecular formula is C41H64N8O10. The molecule has 59 heavy (non-hydrogen) atoms. The molecule has 7 atom stereocenters. The van der Waals surface area contributed by atoms with E-state index >= 15 is 0 Å². The summed E-state index contributed by atoms with van der Waals surface area (Å²) in [5.41, 5.74) is 31.1. The van der Waals surface area contributed by atoms with Gasteiger partial charge in [-0.1, -0.05) is 83.1 Å². The molecule has 4 unspecified atom stereocenters. The van der Waals surface area contributed by atoms with E-state index in [-0.39, 0.29) is 29.9 Å². The number of rotatable bonds is 11. The minimum absolute atomic E-state index is 0.0142. The number of likely N-dealkylation sites (N-methyl/N-ethyl adjacent to an activating group) is 1. The molecule has 0 spiro atoms. The summed E-state index contributed by atoms with van der Waals surface area (Å²) in [7, 11) is 1.91. The standard InChI is InChI=1S/C11H18N2O3.C11H16N2O3.C10H16N2O2.C9H14N2O2/c2*1-7(14)13-9-4-2-8(3-5-9)6-10(12)11(15)16;1-12-8-4-2-7(3-5-8)6-9(11)10(13)14;10-7-3-1-6(2-4-7)5-8(11)9(12)13/h6,9-10H,2-5,12H2,1H3,(H,13,14)(H,15,16);2,4,6,9-10H,3,5,12H2,1H3,(H,13,14)(H,15,16);2,4,6,8-9,12H,3,5,11H2,1H3,(H,13,14);1,3,5,7-8H,2,4,10-11H2,(H,12,13)/b;8-6+;7-6+;6-5+/t;9-,10?;8-,9?;7-,8?/m.000/s1. The van der Waals surface area contributed by atoms with Crippen molar-refractivity contribution in [3.63, 3.8) is 0 Å². The Morgan fingerprint density at radius 1 is 0.559 bits per heavy atom. The lowest BCUT2D eigenvalue weighted by atomic mass is 9.89. The highest BCUT2D eigenvalue weighted by Crippen LogP contribution is 2.24. The Bertz CT molecular complexity index is 1660. The molecule has 1 fully saturated rings. The van der Waals surface area contributed by atoms with Crippen LogP contribution in [0.15, 0.2) is 83.1 Å². The summed E-state index contributed by atoms with van der Waals surface area (Å²) in [6.45, 7) is 2.98. The highest BCUT2D eigenvalue weighted by Gasteiger charge is 2.19. The summed E-state index contributed by atoms with van der Waals surface area (Å²) in [5, 5.41) is 43.2. The molecule has 2 amide bonds. The Labute approximate surface area is 345 Å². The monoisotopic (exact) mass is 828 g/mol. The van der Waals surface area contributed by atoms with Crippen molar-refractivity contribution < 1.29 is 49.2 Å². The number of hydrogen-bond donors (Lipinski definition) is 12. The Kier molecular flexibility index (Phi) is 24.1. The van der Waals surface area contributed by atoms with Gasteiger partial charge in [0, 0.05) is 38.0 Å². The van der Waals surface area contributed by atoms with Gasteiger partial charge in [0.1, 0.15) is 24.2 Å². The van der Waals surface area contributed by atoms with Crippen LogP contribution in [0.3, 0.4) is 0 Å². The summed E-state index contributed by atoms with van der Waals surface area (Å²) < 4.78 is 0. The number of carbonyl (C=O) groups excluding carboxylic acids is 2. The van der Waals surface area contributed by atoms with Gasteiger partial charge >= 0.3 is 23.9 Å². The summed E-state index contributed by atoms with van der Waals surface area (Å²) in [6.07, 6.45) is 26.0. The van der Waals surface area contributed by atoms with Crippen molar-refractivity contribution in [2.45, 2.75) is 126 Å². The van der Waals surface area contributed by atoms with E-state index < -0.39 is 48.0 Å². The number of carboxylic acid groups (broad SMARTS) is 4. The topological polar surface area (TPSA) is 350 Å². The van der Waals surface area contributed by atoms with Crippen molar-refractivity contribution in [1.82, 2.24) is 16.0 Å². The van der Waals surface area contributed by atoms with E-state index in [1.54, 1.807) is 18.2 Å². The van der Waals surface area contributed by atoms with E-state index in [1.165, 1.54) is 19.9 Å². The van der Waals surface area contributed by atoms with Crippen molar-refractivity contribution >= 4 is 35.7 Å². The van der Waals surface area contributed by atoms with Gasteiger partial charge in [0.2, 0.25) is 11.8 Å². The van der Waals surface area contributed by atoms with Gasteiger partial charge in [0.15, 0.2) is 0 Å². The number of allylic oxidation sites excluding steroid dienone is 7. The molecule has 4 aliphatic carbocycles. The lowest BCUT2D eigenvalue weighted by molar-refractivity contribution is -0.138. The zero-order valence-corrected chi connectivity index (χ0v) is 34.1. The van der Waals surface area contributed by atoms with E-state index in [2.05, 4.69) is 16.0 Å². The van der Waals surface area contributed by atoms with Gasteiger partial charge in [-0.05, 0) is 71.3 Å². The number of aliphatic carboxylic acids is 4. The SMILES string of the molecule is CC(=O)NC1CCC(=CC(N)C(=O)O)CC1.CC(=O)N[C@H]1C=C/C(=C\C(N)C(=O)O)CC1.CN[C@H]1C=C/C(=C\C(N)C(=O)O)CC1.NC(/C=C1\C=C[C@H](N)CC1)C(=O)O. The highest BCUT2D eigenvalue weighted by atomic mass is 16.4. The van der Waals surface area contributed by atoms with Crippen molar-refractivity contribution in [2.24, 2.45) is 28.7 Å². The lowest BCUT2D eigenvalue weighted by Crippen LogP contribution is -2.35. The Balaban J connectivity index is 0.000000395. The fourth-order valence-electron chi connectivity index (χ4n) is 6.10. The van der Waals surface area contributed by atoms with Crippen LogP contribution >= 0.6 is 0 Å². The first-order chi connectivity index (χ1) is 27.7. The minimum atomic E-state index is -1.04. The molecule has 0 aromatic heterocycles. The molecule has 4 aliphatic rings. The van der Waals surface area contributed by atoms with Crippen LogP contribution < -0.4 is 44.6 Å². The molecular weight excluding hydrogens is 764 g/mol. The van der Waals surface area contributed by atoms with Crippen LogP contribution in [0.25, 0.3) is 0 Å². The van der Waals surface area contributed by atoms with Crippen LogP contribution in [0, 0.1) is 0 Å². The quantitative estimate of drug-likeness (QED) is 0.128. The normalized spacial score (nSPS) is 24.9. The predicted molar refractivity (Wildman–Crippen MR) is 224 cm³/mol. The number of carbonyl (C=O) groups is 6. The molecule has 0 bridgehead atoms. The highest BCUT2D eigenvalue weighted by molar-refractivity contribution is 5.77. The zero-order chi connectivity index (χ0) is 44.7. The van der Waals surface area contributed by atoms with Crippen LogP contribution in [0.1, 0.15) is 78.1 Å². The molecule has 0 heterocycles. The van der Waals surface area contributed by atoms with Crippen LogP contribution in [0.2, 0.25) is 0 Å². The molecule has 4 rings (SSSR count). The Hall–Kier alpha value is -5.24. The second-order valence-electron chi connectivity index (χ2n) is 14.5. The van der Waals surface area contributed by atoms with E-state index in [4.69, 9.17) is 49.1 Å². The van der Waals surface area contributed by atoms with Crippen LogP contribution in [0.4, 0.5) is 0 Å². The average molecular weight is 829 g/mol. The minimum Gasteiger partial charge on any atom is -0.480 e. The fourth-order valence-corrected chi connectivity index (χ4v) is 6.10. The zero-order valence-electron chi connectivity index (χ0n) is 34.1. The lowest BCUT2D eigenvalue weighted by Gasteiger charge is -2.24. The molecule has 17 N–H and O–H groups in total. The summed E-state index contributed by atoms with van der Waals surface area (Å²) in [4.78, 5) is 63.6. The van der Waals surface area contributed by atoms with E-state index in [1.807, 2.05) is 43.5 Å². The number of hydrogen-bond acceptors (Lipinski definition) is 12. The second kappa shape index (κ2) is 27.4. The van der Waals surface area contributed by atoms with Gasteiger partial charge < -0.3 is 65.0 Å². The van der Waals surface area contributed by atoms with E-state index in [0.29, 0.717) is 6.04 Å². The molecule has 0 aromatic rings. The van der Waals surface area contributed by atoms with Crippen LogP contribution in [-0.4, -0.2) is 112 Å². The van der Waals surface area contributed by atoms with Gasteiger partial charge in [-0.3, -0.25) is 28.8 Å². The fraction of sp³-hybridized carbons (Fsp3) is 0.512. The first kappa shape index (κ1) is 51.8. The van der Waals surface area contributed by atoms with Crippen LogP contribution in [0.5, 0.6) is 0 Å². The molecule has 18 nitrogen and oxygen atoms in total. The number of nitrogens with one attached hydrogen (secondary N) is 3. The second-order valence-corrected chi connectivity index (χ2v) is 14.5. The molecule has 328 valence electrons.